The van der Waals surface area contributed by atoms with E-state index in [4.69, 9.17) is 21.7 Å². The average Bonchev–Trinajstić information content (AvgIpc) is 2.75. The van der Waals surface area contributed by atoms with Gasteiger partial charge in [-0.2, -0.15) is 0 Å². The number of ether oxygens (including phenoxy) is 2. The Kier molecular flexibility index (Phi) is 10.2. The fraction of sp³-hybridized carbons (Fsp3) is 0.545. The maximum absolute atomic E-state index is 12.9. The van der Waals surface area contributed by atoms with Gasteiger partial charge in [-0.05, 0) is 37.7 Å². The molecule has 2 rings (SSSR count). The number of carbonyl (C=O) groups excluding carboxylic acids is 3. The number of benzene rings is 1. The molecule has 1 unspecified atom stereocenters. The van der Waals surface area contributed by atoms with Gasteiger partial charge in [0, 0.05) is 13.1 Å². The van der Waals surface area contributed by atoms with Crippen LogP contribution in [0.25, 0.3) is 0 Å². The van der Waals surface area contributed by atoms with Gasteiger partial charge in [-0.1, -0.05) is 38.3 Å². The van der Waals surface area contributed by atoms with E-state index in [-0.39, 0.29) is 24.0 Å². The van der Waals surface area contributed by atoms with Crippen molar-refractivity contribution in [3.63, 3.8) is 0 Å². The standard InChI is InChI=1S/C22H31N3O5S/c1-3-5-6-9-14-30-18-11-8-7-10-16(18)20(27)24-22(31)25-13-12-23-21(28)17(25)15-19(26)29-4-2/h7-8,10-11,17H,3-6,9,12-15H2,1-2H3,(H,23,28)(H,24,27,31). The van der Waals surface area contributed by atoms with Crippen molar-refractivity contribution < 1.29 is 23.9 Å². The second-order valence-corrected chi connectivity index (χ2v) is 7.56. The summed E-state index contributed by atoms with van der Waals surface area (Å²) in [4.78, 5) is 38.6. The molecule has 0 bridgehead atoms. The third kappa shape index (κ3) is 7.50. The van der Waals surface area contributed by atoms with Gasteiger partial charge in [-0.3, -0.25) is 19.7 Å². The minimum atomic E-state index is -0.828. The molecule has 1 aromatic carbocycles. The third-order valence-corrected chi connectivity index (χ3v) is 5.20. The SMILES string of the molecule is CCCCCCOc1ccccc1C(=O)NC(=S)N1CCNC(=O)C1CC(=O)OCC. The van der Waals surface area contributed by atoms with E-state index in [1.807, 2.05) is 0 Å². The summed E-state index contributed by atoms with van der Waals surface area (Å²) in [5, 5.41) is 5.48. The Morgan fingerprint density at radius 3 is 2.74 bits per heavy atom. The lowest BCUT2D eigenvalue weighted by Gasteiger charge is -2.36. The lowest BCUT2D eigenvalue weighted by molar-refractivity contribution is -0.147. The van der Waals surface area contributed by atoms with Crippen LogP contribution in [0.4, 0.5) is 0 Å². The van der Waals surface area contributed by atoms with Crippen molar-refractivity contribution in [2.24, 2.45) is 0 Å². The highest BCUT2D eigenvalue weighted by Crippen LogP contribution is 2.19. The van der Waals surface area contributed by atoms with E-state index in [2.05, 4.69) is 17.6 Å². The molecular formula is C22H31N3O5S. The maximum Gasteiger partial charge on any atom is 0.308 e. The molecule has 1 aromatic rings. The molecule has 1 aliphatic rings. The normalized spacial score (nSPS) is 15.7. The predicted molar refractivity (Wildman–Crippen MR) is 121 cm³/mol. The van der Waals surface area contributed by atoms with Crippen molar-refractivity contribution >= 4 is 35.1 Å². The van der Waals surface area contributed by atoms with E-state index in [1.165, 1.54) is 0 Å². The minimum absolute atomic E-state index is 0.0897. The lowest BCUT2D eigenvalue weighted by Crippen LogP contribution is -2.60. The van der Waals surface area contributed by atoms with Crippen LogP contribution in [-0.2, 0) is 14.3 Å². The van der Waals surface area contributed by atoms with E-state index in [9.17, 15) is 14.4 Å². The average molecular weight is 450 g/mol. The maximum atomic E-state index is 12.9. The van der Waals surface area contributed by atoms with Crippen molar-refractivity contribution in [1.82, 2.24) is 15.5 Å². The third-order valence-electron chi connectivity index (χ3n) is 4.86. The number of hydrogen-bond acceptors (Lipinski definition) is 6. The number of nitrogens with zero attached hydrogens (tertiary/aromatic N) is 1. The topological polar surface area (TPSA) is 97.0 Å². The number of carbonyl (C=O) groups is 3. The largest absolute Gasteiger partial charge is 0.493 e. The van der Waals surface area contributed by atoms with Crippen LogP contribution in [0.3, 0.4) is 0 Å². The van der Waals surface area contributed by atoms with Gasteiger partial charge >= 0.3 is 5.97 Å². The quantitative estimate of drug-likeness (QED) is 0.322. The predicted octanol–water partition coefficient (Wildman–Crippen LogP) is 2.41. The summed E-state index contributed by atoms with van der Waals surface area (Å²) in [7, 11) is 0. The van der Waals surface area contributed by atoms with Crippen LogP contribution in [0.2, 0.25) is 0 Å². The Hall–Kier alpha value is -2.68. The molecule has 8 nitrogen and oxygen atoms in total. The van der Waals surface area contributed by atoms with Gasteiger partial charge in [0.05, 0.1) is 25.2 Å². The number of esters is 1. The van der Waals surface area contributed by atoms with E-state index in [1.54, 1.807) is 36.1 Å². The molecule has 9 heteroatoms. The first kappa shape index (κ1) is 24.6. The summed E-state index contributed by atoms with van der Waals surface area (Å²) in [5.74, 6) is -0.758. The lowest BCUT2D eigenvalue weighted by atomic mass is 10.1. The molecule has 31 heavy (non-hydrogen) atoms. The molecule has 1 heterocycles. The molecule has 0 saturated carbocycles. The minimum Gasteiger partial charge on any atom is -0.493 e. The van der Waals surface area contributed by atoms with Crippen LogP contribution in [0.5, 0.6) is 5.75 Å². The Balaban J connectivity index is 2.02. The number of unbranched alkanes of at least 4 members (excludes halogenated alkanes) is 3. The van der Waals surface area contributed by atoms with Crippen LogP contribution in [0.15, 0.2) is 24.3 Å². The molecule has 0 aromatic heterocycles. The number of nitrogens with one attached hydrogen (secondary N) is 2. The number of piperazine rings is 1. The van der Waals surface area contributed by atoms with Gasteiger partial charge in [0.15, 0.2) is 5.11 Å². The summed E-state index contributed by atoms with van der Waals surface area (Å²) < 4.78 is 10.8. The monoisotopic (exact) mass is 449 g/mol. The highest BCUT2D eigenvalue weighted by molar-refractivity contribution is 7.80. The summed E-state index contributed by atoms with van der Waals surface area (Å²) in [6.07, 6.45) is 4.14. The zero-order valence-electron chi connectivity index (χ0n) is 18.1. The van der Waals surface area contributed by atoms with E-state index in [0.717, 1.165) is 25.7 Å². The van der Waals surface area contributed by atoms with E-state index >= 15 is 0 Å². The summed E-state index contributed by atoms with van der Waals surface area (Å²) in [6.45, 7) is 5.35. The number of hydrogen-bond donors (Lipinski definition) is 2. The van der Waals surface area contributed by atoms with Crippen LogP contribution in [-0.4, -0.2) is 60.1 Å². The Bertz CT molecular complexity index is 786. The van der Waals surface area contributed by atoms with Crippen molar-refractivity contribution in [1.29, 1.82) is 0 Å². The first-order chi connectivity index (χ1) is 15.0. The van der Waals surface area contributed by atoms with Crippen molar-refractivity contribution in [3.8, 4) is 5.75 Å². The number of rotatable bonds is 10. The first-order valence-electron chi connectivity index (χ1n) is 10.7. The molecule has 1 atom stereocenters. The van der Waals surface area contributed by atoms with Crippen molar-refractivity contribution in [2.75, 3.05) is 26.3 Å². The second kappa shape index (κ2) is 12.9. The highest BCUT2D eigenvalue weighted by atomic mass is 32.1. The van der Waals surface area contributed by atoms with Crippen molar-refractivity contribution in [3.05, 3.63) is 29.8 Å². The smallest absolute Gasteiger partial charge is 0.308 e. The number of amides is 2. The second-order valence-electron chi connectivity index (χ2n) is 7.17. The van der Waals surface area contributed by atoms with E-state index in [0.29, 0.717) is 31.0 Å². The fourth-order valence-corrected chi connectivity index (χ4v) is 3.58. The fourth-order valence-electron chi connectivity index (χ4n) is 3.27. The van der Waals surface area contributed by atoms with Gasteiger partial charge in [-0.25, -0.2) is 0 Å². The van der Waals surface area contributed by atoms with Crippen LogP contribution < -0.4 is 15.4 Å². The van der Waals surface area contributed by atoms with Gasteiger partial charge in [0.2, 0.25) is 5.91 Å². The number of thiocarbonyl (C=S) groups is 1. The molecule has 2 amide bonds. The van der Waals surface area contributed by atoms with Gasteiger partial charge in [-0.15, -0.1) is 0 Å². The summed E-state index contributed by atoms with van der Waals surface area (Å²) in [6, 6.07) is 6.14. The van der Waals surface area contributed by atoms with Gasteiger partial charge in [0.1, 0.15) is 11.8 Å². The van der Waals surface area contributed by atoms with Crippen molar-refractivity contribution in [2.45, 2.75) is 52.0 Å². The van der Waals surface area contributed by atoms with Crippen LogP contribution >= 0.6 is 12.2 Å². The molecular weight excluding hydrogens is 418 g/mol. The summed E-state index contributed by atoms with van der Waals surface area (Å²) >= 11 is 5.40. The Labute approximate surface area is 188 Å². The van der Waals surface area contributed by atoms with Crippen LogP contribution in [0, 0.1) is 0 Å². The molecule has 170 valence electrons. The molecule has 1 aliphatic heterocycles. The molecule has 2 N–H and O–H groups in total. The Morgan fingerprint density at radius 1 is 1.23 bits per heavy atom. The van der Waals surface area contributed by atoms with Crippen LogP contribution in [0.1, 0.15) is 56.3 Å². The van der Waals surface area contributed by atoms with E-state index < -0.39 is 17.9 Å². The molecule has 1 fully saturated rings. The molecule has 0 aliphatic carbocycles. The molecule has 0 radical (unpaired) electrons. The zero-order valence-corrected chi connectivity index (χ0v) is 19.0. The zero-order chi connectivity index (χ0) is 22.6. The van der Waals surface area contributed by atoms with Gasteiger partial charge in [0.25, 0.3) is 5.91 Å². The van der Waals surface area contributed by atoms with Gasteiger partial charge < -0.3 is 19.7 Å². The highest BCUT2D eigenvalue weighted by Gasteiger charge is 2.34. The number of para-hydroxylation sites is 1. The Morgan fingerprint density at radius 2 is 2.00 bits per heavy atom. The first-order valence-corrected chi connectivity index (χ1v) is 11.2. The molecule has 0 spiro atoms. The summed E-state index contributed by atoms with van der Waals surface area (Å²) in [5.41, 5.74) is 0.365. The molecule has 1 saturated heterocycles.